The summed E-state index contributed by atoms with van der Waals surface area (Å²) in [5.41, 5.74) is 2.63. The maximum Gasteiger partial charge on any atom is 0.257 e. The number of aromatic nitrogens is 2. The van der Waals surface area contributed by atoms with Crippen LogP contribution >= 0.6 is 0 Å². The molecule has 3 heterocycles. The van der Waals surface area contributed by atoms with Crippen molar-refractivity contribution in [3.63, 3.8) is 0 Å². The summed E-state index contributed by atoms with van der Waals surface area (Å²) in [6, 6.07) is 0.558. The number of aryl methyl sites for hydroxylation is 2. The zero-order valence-corrected chi connectivity index (χ0v) is 13.4. The van der Waals surface area contributed by atoms with Crippen LogP contribution in [0.25, 0.3) is 0 Å². The highest BCUT2D eigenvalue weighted by atomic mass is 16.2. The van der Waals surface area contributed by atoms with E-state index in [1.807, 2.05) is 30.5 Å². The monoisotopic (exact) mass is 290 g/mol. The highest BCUT2D eigenvalue weighted by Gasteiger charge is 2.31. The van der Waals surface area contributed by atoms with Crippen LogP contribution < -0.4 is 0 Å². The van der Waals surface area contributed by atoms with E-state index in [9.17, 15) is 4.79 Å². The molecule has 116 valence electrons. The Morgan fingerprint density at radius 1 is 1.14 bits per heavy atom. The summed E-state index contributed by atoms with van der Waals surface area (Å²) in [5, 5.41) is 4.38. The highest BCUT2D eigenvalue weighted by molar-refractivity contribution is 5.96. The Bertz CT molecular complexity index is 531. The van der Waals surface area contributed by atoms with Crippen LogP contribution in [0.2, 0.25) is 0 Å². The molecule has 0 aromatic carbocycles. The van der Waals surface area contributed by atoms with Crippen molar-refractivity contribution < 1.29 is 4.79 Å². The Balaban J connectivity index is 1.74. The summed E-state index contributed by atoms with van der Waals surface area (Å²) in [5.74, 6) is 0.169. The maximum atomic E-state index is 12.9. The molecule has 1 amide bonds. The number of piperidine rings is 1. The van der Waals surface area contributed by atoms with Crippen molar-refractivity contribution in [1.82, 2.24) is 19.6 Å². The Morgan fingerprint density at radius 2 is 1.86 bits per heavy atom. The van der Waals surface area contributed by atoms with Crippen LogP contribution in [0.15, 0.2) is 0 Å². The minimum absolute atomic E-state index is 0.169. The Hall–Kier alpha value is -1.36. The van der Waals surface area contributed by atoms with Gasteiger partial charge in [0.05, 0.1) is 11.3 Å². The van der Waals surface area contributed by atoms with Gasteiger partial charge in [0.15, 0.2) is 0 Å². The molecule has 0 radical (unpaired) electrons. The summed E-state index contributed by atoms with van der Waals surface area (Å²) < 4.78 is 1.81. The third-order valence-corrected chi connectivity index (χ3v) is 5.06. The fraction of sp³-hybridized carbons (Fsp3) is 0.750. The highest BCUT2D eigenvalue weighted by Crippen LogP contribution is 2.23. The predicted molar refractivity (Wildman–Crippen MR) is 82.4 cm³/mol. The molecule has 0 spiro atoms. The van der Waals surface area contributed by atoms with Crippen molar-refractivity contribution >= 4 is 5.91 Å². The maximum absolute atomic E-state index is 12.9. The number of nitrogens with zero attached hydrogens (tertiary/aromatic N) is 4. The largest absolute Gasteiger partial charge is 0.337 e. The summed E-state index contributed by atoms with van der Waals surface area (Å²) in [7, 11) is 1.91. The second-order valence-electron chi connectivity index (χ2n) is 6.46. The zero-order chi connectivity index (χ0) is 15.0. The van der Waals surface area contributed by atoms with E-state index in [-0.39, 0.29) is 5.91 Å². The second kappa shape index (κ2) is 5.79. The molecule has 2 saturated heterocycles. The fourth-order valence-corrected chi connectivity index (χ4v) is 3.79. The van der Waals surface area contributed by atoms with Gasteiger partial charge in [-0.25, -0.2) is 0 Å². The van der Waals surface area contributed by atoms with E-state index >= 15 is 0 Å². The topological polar surface area (TPSA) is 41.4 Å². The quantitative estimate of drug-likeness (QED) is 0.833. The van der Waals surface area contributed by atoms with Gasteiger partial charge in [-0.3, -0.25) is 14.4 Å². The lowest BCUT2D eigenvalue weighted by molar-refractivity contribution is 0.0606. The van der Waals surface area contributed by atoms with Crippen molar-refractivity contribution in [1.29, 1.82) is 0 Å². The normalized spacial score (nSPS) is 23.8. The smallest absolute Gasteiger partial charge is 0.257 e. The molecule has 2 aliphatic rings. The van der Waals surface area contributed by atoms with Gasteiger partial charge in [0.1, 0.15) is 0 Å². The summed E-state index contributed by atoms with van der Waals surface area (Å²) >= 11 is 0. The van der Waals surface area contributed by atoms with Crippen molar-refractivity contribution in [3.8, 4) is 0 Å². The molecule has 1 unspecified atom stereocenters. The first-order valence-electron chi connectivity index (χ1n) is 8.11. The van der Waals surface area contributed by atoms with Gasteiger partial charge in [-0.2, -0.15) is 5.10 Å². The SMILES string of the molecule is Cc1nn(C)c(C)c1C(=O)N1CCCC(N2CCCC2)C1. The van der Waals surface area contributed by atoms with Gasteiger partial charge < -0.3 is 4.90 Å². The molecule has 1 aromatic heterocycles. The van der Waals surface area contributed by atoms with Crippen LogP contribution in [-0.4, -0.2) is 57.7 Å². The molecule has 1 atom stereocenters. The van der Waals surface area contributed by atoms with Crippen LogP contribution in [0.5, 0.6) is 0 Å². The molecule has 21 heavy (non-hydrogen) atoms. The molecule has 0 aliphatic carbocycles. The van der Waals surface area contributed by atoms with Crippen LogP contribution in [0, 0.1) is 13.8 Å². The molecule has 3 rings (SSSR count). The second-order valence-corrected chi connectivity index (χ2v) is 6.46. The van der Waals surface area contributed by atoms with Gasteiger partial charge in [-0.15, -0.1) is 0 Å². The molecule has 2 aliphatic heterocycles. The molecule has 2 fully saturated rings. The lowest BCUT2D eigenvalue weighted by Crippen LogP contribution is -2.49. The molecular formula is C16H26N4O. The minimum atomic E-state index is 0.169. The van der Waals surface area contributed by atoms with Gasteiger partial charge in [0.2, 0.25) is 0 Å². The predicted octanol–water partition coefficient (Wildman–Crippen LogP) is 1.74. The molecular weight excluding hydrogens is 264 g/mol. The van der Waals surface area contributed by atoms with E-state index < -0.39 is 0 Å². The number of rotatable bonds is 2. The van der Waals surface area contributed by atoms with Crippen molar-refractivity contribution in [2.24, 2.45) is 7.05 Å². The van der Waals surface area contributed by atoms with Gasteiger partial charge in [0.25, 0.3) is 5.91 Å². The summed E-state index contributed by atoms with van der Waals surface area (Å²) in [4.78, 5) is 17.5. The first-order valence-corrected chi connectivity index (χ1v) is 8.11. The van der Waals surface area contributed by atoms with Crippen LogP contribution in [0.3, 0.4) is 0 Å². The lowest BCUT2D eigenvalue weighted by atomic mass is 10.0. The van der Waals surface area contributed by atoms with E-state index in [2.05, 4.69) is 10.00 Å². The molecule has 0 saturated carbocycles. The number of amides is 1. The van der Waals surface area contributed by atoms with Crippen LogP contribution in [0.1, 0.15) is 47.4 Å². The third-order valence-electron chi connectivity index (χ3n) is 5.06. The number of hydrogen-bond donors (Lipinski definition) is 0. The minimum Gasteiger partial charge on any atom is -0.337 e. The van der Waals surface area contributed by atoms with Crippen molar-refractivity contribution in [2.75, 3.05) is 26.2 Å². The van der Waals surface area contributed by atoms with Crippen molar-refractivity contribution in [2.45, 2.75) is 45.6 Å². The molecule has 5 nitrogen and oxygen atoms in total. The Labute approximate surface area is 126 Å². The van der Waals surface area contributed by atoms with E-state index in [4.69, 9.17) is 0 Å². The number of carbonyl (C=O) groups is 1. The first kappa shape index (κ1) is 14.6. The van der Waals surface area contributed by atoms with Gasteiger partial charge >= 0.3 is 0 Å². The van der Waals surface area contributed by atoms with Gasteiger partial charge in [-0.1, -0.05) is 0 Å². The van der Waals surface area contributed by atoms with E-state index in [1.54, 1.807) is 0 Å². The van der Waals surface area contributed by atoms with Gasteiger partial charge in [0, 0.05) is 31.9 Å². The average Bonchev–Trinajstić information content (AvgIpc) is 3.08. The summed E-state index contributed by atoms with van der Waals surface area (Å²) in [6.45, 7) is 8.09. The van der Waals surface area contributed by atoms with E-state index in [0.717, 1.165) is 36.5 Å². The zero-order valence-electron chi connectivity index (χ0n) is 13.4. The lowest BCUT2D eigenvalue weighted by Gasteiger charge is -2.37. The van der Waals surface area contributed by atoms with Crippen molar-refractivity contribution in [3.05, 3.63) is 17.0 Å². The molecule has 5 heteroatoms. The first-order chi connectivity index (χ1) is 10.1. The number of likely N-dealkylation sites (tertiary alicyclic amines) is 2. The van der Waals surface area contributed by atoms with E-state index in [1.165, 1.54) is 32.4 Å². The molecule has 0 bridgehead atoms. The fourth-order valence-electron chi connectivity index (χ4n) is 3.79. The molecule has 1 aromatic rings. The average molecular weight is 290 g/mol. The third kappa shape index (κ3) is 2.71. The van der Waals surface area contributed by atoms with Crippen LogP contribution in [0.4, 0.5) is 0 Å². The Kier molecular flexibility index (Phi) is 4.02. The van der Waals surface area contributed by atoms with Crippen LogP contribution in [-0.2, 0) is 7.05 Å². The molecule has 0 N–H and O–H groups in total. The number of hydrogen-bond acceptors (Lipinski definition) is 3. The number of carbonyl (C=O) groups excluding carboxylic acids is 1. The van der Waals surface area contributed by atoms with Gasteiger partial charge in [-0.05, 0) is 52.6 Å². The Morgan fingerprint density at radius 3 is 2.48 bits per heavy atom. The van der Waals surface area contributed by atoms with E-state index in [0.29, 0.717) is 6.04 Å². The standard InChI is InChI=1S/C16H26N4O/c1-12-15(13(2)18(3)17-12)16(21)20-10-6-7-14(11-20)19-8-4-5-9-19/h14H,4-11H2,1-3H3. The summed E-state index contributed by atoms with van der Waals surface area (Å²) in [6.07, 6.45) is 4.97.